The molecule has 2 aromatic rings. The van der Waals surface area contributed by atoms with Gasteiger partial charge < -0.3 is 15.0 Å². The molecule has 5 heteroatoms. The standard InChI is InChI=1S/C10H11ClN2O2/c1-6(12)5-14-10-9-7(11)3-2-4-8(9)15-13-10/h2-4,6H,5,12H2,1H3. The zero-order valence-electron chi connectivity index (χ0n) is 8.24. The summed E-state index contributed by atoms with van der Waals surface area (Å²) in [6.45, 7) is 2.23. The van der Waals surface area contributed by atoms with Gasteiger partial charge in [0.2, 0.25) is 0 Å². The van der Waals surface area contributed by atoms with E-state index in [1.807, 2.05) is 6.92 Å². The Morgan fingerprint density at radius 3 is 3.13 bits per heavy atom. The van der Waals surface area contributed by atoms with Crippen LogP contribution in [0.5, 0.6) is 5.88 Å². The largest absolute Gasteiger partial charge is 0.473 e. The van der Waals surface area contributed by atoms with Crippen molar-refractivity contribution >= 4 is 22.6 Å². The molecule has 2 rings (SSSR count). The Kier molecular flexibility index (Phi) is 2.79. The molecule has 0 amide bonds. The summed E-state index contributed by atoms with van der Waals surface area (Å²) in [5, 5.41) is 5.05. The zero-order valence-corrected chi connectivity index (χ0v) is 8.99. The van der Waals surface area contributed by atoms with Gasteiger partial charge >= 0.3 is 0 Å². The number of hydrogen-bond acceptors (Lipinski definition) is 4. The van der Waals surface area contributed by atoms with Crippen LogP contribution in [0.25, 0.3) is 11.0 Å². The minimum atomic E-state index is -0.0563. The minimum absolute atomic E-state index is 0.0563. The SMILES string of the molecule is CC(N)COc1noc2cccc(Cl)c12. The van der Waals surface area contributed by atoms with Crippen LogP contribution in [0.2, 0.25) is 5.02 Å². The number of rotatable bonds is 3. The smallest absolute Gasteiger partial charge is 0.263 e. The molecule has 0 aliphatic rings. The van der Waals surface area contributed by atoms with Crippen molar-refractivity contribution in [3.63, 3.8) is 0 Å². The first-order valence-electron chi connectivity index (χ1n) is 4.61. The molecule has 15 heavy (non-hydrogen) atoms. The van der Waals surface area contributed by atoms with Crippen molar-refractivity contribution in [3.05, 3.63) is 23.2 Å². The van der Waals surface area contributed by atoms with Crippen molar-refractivity contribution in [2.24, 2.45) is 5.73 Å². The average Bonchev–Trinajstić information content (AvgIpc) is 2.59. The quantitative estimate of drug-likeness (QED) is 0.872. The van der Waals surface area contributed by atoms with E-state index < -0.39 is 0 Å². The Bertz CT molecular complexity index is 467. The molecule has 1 aromatic heterocycles. The monoisotopic (exact) mass is 226 g/mol. The molecule has 1 aromatic carbocycles. The summed E-state index contributed by atoms with van der Waals surface area (Å²) in [4.78, 5) is 0. The van der Waals surface area contributed by atoms with E-state index in [9.17, 15) is 0 Å². The molecule has 0 bridgehead atoms. The summed E-state index contributed by atoms with van der Waals surface area (Å²) in [7, 11) is 0. The van der Waals surface area contributed by atoms with E-state index in [2.05, 4.69) is 5.16 Å². The van der Waals surface area contributed by atoms with Crippen molar-refractivity contribution in [1.82, 2.24) is 5.16 Å². The van der Waals surface area contributed by atoms with Crippen LogP contribution in [0.15, 0.2) is 22.7 Å². The number of ether oxygens (including phenoxy) is 1. The van der Waals surface area contributed by atoms with Crippen LogP contribution in [0.3, 0.4) is 0 Å². The van der Waals surface area contributed by atoms with Crippen LogP contribution in [-0.4, -0.2) is 17.8 Å². The van der Waals surface area contributed by atoms with Crippen LogP contribution in [-0.2, 0) is 0 Å². The predicted octanol–water partition coefficient (Wildman–Crippen LogP) is 2.21. The van der Waals surface area contributed by atoms with Crippen LogP contribution in [0, 0.1) is 0 Å². The molecule has 0 aliphatic carbocycles. The maximum atomic E-state index is 6.01. The van der Waals surface area contributed by atoms with Crippen molar-refractivity contribution in [1.29, 1.82) is 0 Å². The van der Waals surface area contributed by atoms with Crippen molar-refractivity contribution < 1.29 is 9.26 Å². The Hall–Kier alpha value is -1.26. The maximum absolute atomic E-state index is 6.01. The lowest BCUT2D eigenvalue weighted by atomic mass is 10.2. The fraction of sp³-hybridized carbons (Fsp3) is 0.300. The molecule has 80 valence electrons. The lowest BCUT2D eigenvalue weighted by Gasteiger charge is -2.05. The summed E-state index contributed by atoms with van der Waals surface area (Å²) in [5.41, 5.74) is 6.19. The van der Waals surface area contributed by atoms with Crippen LogP contribution < -0.4 is 10.5 Å². The van der Waals surface area contributed by atoms with Gasteiger partial charge in [-0.2, -0.15) is 0 Å². The van der Waals surface area contributed by atoms with E-state index in [4.69, 9.17) is 26.6 Å². The van der Waals surface area contributed by atoms with Crippen LogP contribution in [0.4, 0.5) is 0 Å². The number of nitrogens with zero attached hydrogens (tertiary/aromatic N) is 1. The van der Waals surface area contributed by atoms with E-state index >= 15 is 0 Å². The van der Waals surface area contributed by atoms with Gasteiger partial charge in [-0.15, -0.1) is 0 Å². The zero-order chi connectivity index (χ0) is 10.8. The lowest BCUT2D eigenvalue weighted by Crippen LogP contribution is -2.23. The fourth-order valence-electron chi connectivity index (χ4n) is 1.23. The molecule has 1 atom stereocenters. The summed E-state index contributed by atoms with van der Waals surface area (Å²) < 4.78 is 10.4. The summed E-state index contributed by atoms with van der Waals surface area (Å²) in [5.74, 6) is 0.396. The lowest BCUT2D eigenvalue weighted by molar-refractivity contribution is 0.268. The molecular formula is C10H11ClN2O2. The number of hydrogen-bond donors (Lipinski definition) is 1. The van der Waals surface area contributed by atoms with E-state index in [1.54, 1.807) is 18.2 Å². The van der Waals surface area contributed by atoms with Gasteiger partial charge in [-0.25, -0.2) is 0 Å². The topological polar surface area (TPSA) is 61.3 Å². The van der Waals surface area contributed by atoms with Crippen LogP contribution in [0.1, 0.15) is 6.92 Å². The average molecular weight is 227 g/mol. The van der Waals surface area contributed by atoms with E-state index in [-0.39, 0.29) is 6.04 Å². The van der Waals surface area contributed by atoms with E-state index in [0.29, 0.717) is 28.5 Å². The summed E-state index contributed by atoms with van der Waals surface area (Å²) >= 11 is 6.01. The predicted molar refractivity (Wildman–Crippen MR) is 58.2 cm³/mol. The number of aromatic nitrogens is 1. The first-order chi connectivity index (χ1) is 7.18. The minimum Gasteiger partial charge on any atom is -0.473 e. The Balaban J connectivity index is 2.35. The van der Waals surface area contributed by atoms with Crippen LogP contribution >= 0.6 is 11.6 Å². The molecule has 0 aliphatic heterocycles. The Morgan fingerprint density at radius 2 is 2.40 bits per heavy atom. The normalized spacial score (nSPS) is 13.0. The summed E-state index contributed by atoms with van der Waals surface area (Å²) in [6, 6.07) is 5.29. The van der Waals surface area contributed by atoms with Gasteiger partial charge in [-0.05, 0) is 24.2 Å². The molecule has 1 heterocycles. The highest BCUT2D eigenvalue weighted by Crippen LogP contribution is 2.31. The number of fused-ring (bicyclic) bond motifs is 1. The highest BCUT2D eigenvalue weighted by Gasteiger charge is 2.12. The van der Waals surface area contributed by atoms with Crippen molar-refractivity contribution in [2.45, 2.75) is 13.0 Å². The van der Waals surface area contributed by atoms with Crippen molar-refractivity contribution in [2.75, 3.05) is 6.61 Å². The third-order valence-electron chi connectivity index (χ3n) is 1.90. The number of benzene rings is 1. The highest BCUT2D eigenvalue weighted by molar-refractivity contribution is 6.35. The second-order valence-electron chi connectivity index (χ2n) is 3.39. The molecule has 2 N–H and O–H groups in total. The van der Waals surface area contributed by atoms with Gasteiger partial charge in [-0.1, -0.05) is 17.7 Å². The third kappa shape index (κ3) is 2.06. The molecule has 0 fully saturated rings. The first-order valence-corrected chi connectivity index (χ1v) is 4.98. The third-order valence-corrected chi connectivity index (χ3v) is 2.21. The molecule has 0 saturated carbocycles. The molecule has 0 spiro atoms. The molecule has 0 radical (unpaired) electrons. The highest BCUT2D eigenvalue weighted by atomic mass is 35.5. The Morgan fingerprint density at radius 1 is 1.60 bits per heavy atom. The van der Waals surface area contributed by atoms with Crippen molar-refractivity contribution in [3.8, 4) is 5.88 Å². The van der Waals surface area contributed by atoms with Gasteiger partial charge in [0.05, 0.1) is 5.02 Å². The second-order valence-corrected chi connectivity index (χ2v) is 3.80. The Labute approximate surface area is 91.9 Å². The fourth-order valence-corrected chi connectivity index (χ4v) is 1.48. The second kappa shape index (κ2) is 4.08. The van der Waals surface area contributed by atoms with Gasteiger partial charge in [0, 0.05) is 6.04 Å². The van der Waals surface area contributed by atoms with E-state index in [0.717, 1.165) is 0 Å². The van der Waals surface area contributed by atoms with Gasteiger partial charge in [0.15, 0.2) is 5.58 Å². The summed E-state index contributed by atoms with van der Waals surface area (Å²) in [6.07, 6.45) is 0. The molecular weight excluding hydrogens is 216 g/mol. The van der Waals surface area contributed by atoms with E-state index in [1.165, 1.54) is 0 Å². The molecule has 1 unspecified atom stereocenters. The van der Waals surface area contributed by atoms with Gasteiger partial charge in [0.25, 0.3) is 5.88 Å². The van der Waals surface area contributed by atoms with Gasteiger partial charge in [-0.3, -0.25) is 0 Å². The maximum Gasteiger partial charge on any atom is 0.263 e. The first kappa shape index (κ1) is 10.3. The number of halogens is 1. The molecule has 0 saturated heterocycles. The van der Waals surface area contributed by atoms with Gasteiger partial charge in [0.1, 0.15) is 12.0 Å². The molecule has 4 nitrogen and oxygen atoms in total. The number of nitrogens with two attached hydrogens (primary N) is 1.